The molecule has 1 aromatic carbocycles. The number of hydrogen-bond acceptors (Lipinski definition) is 5. The van der Waals surface area contributed by atoms with Crippen LogP contribution < -0.4 is 0 Å². The van der Waals surface area contributed by atoms with Crippen molar-refractivity contribution in [2.75, 3.05) is 45.8 Å². The highest BCUT2D eigenvalue weighted by Crippen LogP contribution is 2.22. The Morgan fingerprint density at radius 1 is 1.24 bits per heavy atom. The number of piperazine rings is 1. The second-order valence-electron chi connectivity index (χ2n) is 6.68. The molecule has 0 saturated carbocycles. The highest BCUT2D eigenvalue weighted by atomic mass is 19.1. The minimum Gasteiger partial charge on any atom is -0.392 e. The number of likely N-dealkylation sites (tertiary alicyclic amines) is 1. The molecule has 134 valence electrons. The average Bonchev–Trinajstić information content (AvgIpc) is 3.02. The lowest BCUT2D eigenvalue weighted by molar-refractivity contribution is -0.134. The molecule has 7 heteroatoms. The van der Waals surface area contributed by atoms with Gasteiger partial charge < -0.3 is 10.0 Å². The van der Waals surface area contributed by atoms with E-state index in [4.69, 9.17) is 0 Å². The number of amides is 1. The third-order valence-electron chi connectivity index (χ3n) is 4.95. The molecule has 1 N–H and O–H groups in total. The van der Waals surface area contributed by atoms with Crippen LogP contribution in [0.1, 0.15) is 18.0 Å². The molecular weight excluding hydrogens is 323 g/mol. The lowest BCUT2D eigenvalue weighted by Crippen LogP contribution is -2.51. The zero-order valence-electron chi connectivity index (χ0n) is 14.1. The van der Waals surface area contributed by atoms with Crippen LogP contribution in [0.25, 0.3) is 0 Å². The number of benzene rings is 1. The molecule has 0 aromatic heterocycles. The summed E-state index contributed by atoms with van der Waals surface area (Å²) in [6.45, 7) is 4.05. The Morgan fingerprint density at radius 3 is 2.48 bits per heavy atom. The van der Waals surface area contributed by atoms with E-state index in [1.54, 1.807) is 12.1 Å². The molecule has 0 aliphatic carbocycles. The molecule has 0 radical (unpaired) electrons. The van der Waals surface area contributed by atoms with E-state index >= 15 is 0 Å². The molecule has 0 unspecified atom stereocenters. The number of β-amino-alcohol motifs (C(OH)–C–C–N with tert-alkyl or cyclic N) is 1. The van der Waals surface area contributed by atoms with Crippen molar-refractivity contribution < 1.29 is 14.3 Å². The van der Waals surface area contributed by atoms with Gasteiger partial charge in [0.05, 0.1) is 18.7 Å². The van der Waals surface area contributed by atoms with Crippen molar-refractivity contribution in [3.8, 4) is 6.07 Å². The van der Waals surface area contributed by atoms with Crippen LogP contribution in [-0.2, 0) is 4.79 Å². The summed E-state index contributed by atoms with van der Waals surface area (Å²) < 4.78 is 13.1. The summed E-state index contributed by atoms with van der Waals surface area (Å²) >= 11 is 0. The minimum absolute atomic E-state index is 0.0732. The average molecular weight is 346 g/mol. The molecule has 0 bridgehead atoms. The van der Waals surface area contributed by atoms with E-state index in [0.717, 1.165) is 18.5 Å². The Hall–Kier alpha value is -2.01. The molecular formula is C18H23FN4O2. The van der Waals surface area contributed by atoms with Crippen LogP contribution in [0.15, 0.2) is 24.3 Å². The molecule has 2 saturated heterocycles. The topological polar surface area (TPSA) is 70.8 Å². The number of carbonyl (C=O) groups excluding carboxylic acids is 1. The highest BCUT2D eigenvalue weighted by molar-refractivity contribution is 5.78. The van der Waals surface area contributed by atoms with Crippen LogP contribution in [0.5, 0.6) is 0 Å². The molecule has 1 aromatic rings. The molecule has 0 spiro atoms. The molecule has 2 heterocycles. The van der Waals surface area contributed by atoms with Gasteiger partial charge in [-0.1, -0.05) is 12.1 Å². The Kier molecular flexibility index (Phi) is 5.63. The van der Waals surface area contributed by atoms with E-state index < -0.39 is 6.04 Å². The van der Waals surface area contributed by atoms with Crippen molar-refractivity contribution in [3.05, 3.63) is 35.6 Å². The number of rotatable bonds is 4. The summed E-state index contributed by atoms with van der Waals surface area (Å²) in [6.07, 6.45) is 0.402. The minimum atomic E-state index is -0.424. The first kappa shape index (κ1) is 17.8. The lowest BCUT2D eigenvalue weighted by atomic mass is 10.1. The van der Waals surface area contributed by atoms with E-state index in [2.05, 4.69) is 6.07 Å². The van der Waals surface area contributed by atoms with Gasteiger partial charge in [0.15, 0.2) is 0 Å². The Bertz CT molecular complexity index is 637. The van der Waals surface area contributed by atoms with Gasteiger partial charge in [0.25, 0.3) is 0 Å². The zero-order chi connectivity index (χ0) is 17.8. The van der Waals surface area contributed by atoms with Gasteiger partial charge in [-0.15, -0.1) is 0 Å². The lowest BCUT2D eigenvalue weighted by Gasteiger charge is -2.37. The van der Waals surface area contributed by atoms with E-state index in [0.29, 0.717) is 39.3 Å². The number of halogens is 1. The van der Waals surface area contributed by atoms with Crippen molar-refractivity contribution in [3.63, 3.8) is 0 Å². The van der Waals surface area contributed by atoms with E-state index in [1.807, 2.05) is 14.7 Å². The number of hydrogen-bond donors (Lipinski definition) is 1. The first-order chi connectivity index (χ1) is 12.1. The van der Waals surface area contributed by atoms with Gasteiger partial charge in [-0.2, -0.15) is 5.26 Å². The van der Waals surface area contributed by atoms with Crippen molar-refractivity contribution in [2.45, 2.75) is 18.6 Å². The quantitative estimate of drug-likeness (QED) is 0.865. The predicted octanol–water partition coefficient (Wildman–Crippen LogP) is 0.601. The van der Waals surface area contributed by atoms with Crippen LogP contribution in [0.3, 0.4) is 0 Å². The summed E-state index contributed by atoms with van der Waals surface area (Å²) in [4.78, 5) is 18.2. The largest absolute Gasteiger partial charge is 0.392 e. The highest BCUT2D eigenvalue weighted by Gasteiger charge is 2.29. The summed E-state index contributed by atoms with van der Waals surface area (Å²) in [6, 6.07) is 7.86. The van der Waals surface area contributed by atoms with Gasteiger partial charge >= 0.3 is 0 Å². The first-order valence-corrected chi connectivity index (χ1v) is 8.64. The van der Waals surface area contributed by atoms with Crippen molar-refractivity contribution >= 4 is 5.91 Å². The third kappa shape index (κ3) is 4.34. The molecule has 25 heavy (non-hydrogen) atoms. The summed E-state index contributed by atoms with van der Waals surface area (Å²) in [5, 5.41) is 19.0. The molecule has 3 rings (SSSR count). The van der Waals surface area contributed by atoms with Gasteiger partial charge in [-0.25, -0.2) is 4.39 Å². The maximum Gasteiger partial charge on any atom is 0.236 e. The molecule has 2 fully saturated rings. The fourth-order valence-electron chi connectivity index (χ4n) is 3.49. The van der Waals surface area contributed by atoms with Gasteiger partial charge in [-0.3, -0.25) is 14.6 Å². The fraction of sp³-hybridized carbons (Fsp3) is 0.556. The Balaban J connectivity index is 1.53. The fourth-order valence-corrected chi connectivity index (χ4v) is 3.49. The Labute approximate surface area is 147 Å². The van der Waals surface area contributed by atoms with E-state index in [1.165, 1.54) is 12.1 Å². The van der Waals surface area contributed by atoms with Crippen LogP contribution in [-0.4, -0.2) is 77.6 Å². The predicted molar refractivity (Wildman–Crippen MR) is 90.0 cm³/mol. The number of carbonyl (C=O) groups is 1. The standard InChI is InChI=1S/C18H23FN4O2/c19-15-3-1-14(2-4-15)17(11-20)22-7-9-23(10-8-22)18(25)13-21-6-5-16(24)12-21/h1-4,16-17,24H,5-10,12-13H2/t16-,17-/m1/s1. The summed E-state index contributed by atoms with van der Waals surface area (Å²) in [7, 11) is 0. The van der Waals surface area contributed by atoms with Gasteiger partial charge in [0.2, 0.25) is 5.91 Å². The number of aliphatic hydroxyl groups is 1. The molecule has 2 atom stereocenters. The van der Waals surface area contributed by atoms with E-state index in [-0.39, 0.29) is 17.8 Å². The van der Waals surface area contributed by atoms with Crippen molar-refractivity contribution in [1.29, 1.82) is 5.26 Å². The molecule has 1 amide bonds. The zero-order valence-corrected chi connectivity index (χ0v) is 14.1. The van der Waals surface area contributed by atoms with Crippen molar-refractivity contribution in [2.24, 2.45) is 0 Å². The van der Waals surface area contributed by atoms with Crippen LogP contribution in [0.2, 0.25) is 0 Å². The normalized spacial score (nSPS) is 23.4. The maximum absolute atomic E-state index is 13.1. The maximum atomic E-state index is 13.1. The summed E-state index contributed by atoms with van der Waals surface area (Å²) in [5.74, 6) is -0.244. The number of nitriles is 1. The monoisotopic (exact) mass is 346 g/mol. The molecule has 6 nitrogen and oxygen atoms in total. The van der Waals surface area contributed by atoms with Gasteiger partial charge in [0, 0.05) is 39.3 Å². The van der Waals surface area contributed by atoms with Crippen LogP contribution in [0, 0.1) is 17.1 Å². The second kappa shape index (κ2) is 7.91. The van der Waals surface area contributed by atoms with Gasteiger partial charge in [0.1, 0.15) is 11.9 Å². The van der Waals surface area contributed by atoms with E-state index in [9.17, 15) is 19.6 Å². The molecule has 2 aliphatic heterocycles. The van der Waals surface area contributed by atoms with Crippen LogP contribution >= 0.6 is 0 Å². The van der Waals surface area contributed by atoms with Gasteiger partial charge in [-0.05, 0) is 24.1 Å². The first-order valence-electron chi connectivity index (χ1n) is 8.64. The third-order valence-corrected chi connectivity index (χ3v) is 4.95. The summed E-state index contributed by atoms with van der Waals surface area (Å²) in [5.41, 5.74) is 0.773. The SMILES string of the molecule is N#C[C@H](c1ccc(F)cc1)N1CCN(C(=O)CN2CC[C@@H](O)C2)CC1. The number of nitrogens with zero attached hydrogens (tertiary/aromatic N) is 4. The molecule has 2 aliphatic rings. The van der Waals surface area contributed by atoms with Crippen molar-refractivity contribution in [1.82, 2.24) is 14.7 Å². The smallest absolute Gasteiger partial charge is 0.236 e. The second-order valence-corrected chi connectivity index (χ2v) is 6.68. The Morgan fingerprint density at radius 2 is 1.92 bits per heavy atom. The van der Waals surface area contributed by atoms with Crippen LogP contribution in [0.4, 0.5) is 4.39 Å². The number of aliphatic hydroxyl groups excluding tert-OH is 1.